The number of nitrogens with one attached hydrogen (secondary N) is 1. The van der Waals surface area contributed by atoms with Gasteiger partial charge in [-0.25, -0.2) is 0 Å². The van der Waals surface area contributed by atoms with E-state index in [0.29, 0.717) is 5.69 Å². The average Bonchev–Trinajstić information content (AvgIpc) is 3.00. The van der Waals surface area contributed by atoms with Gasteiger partial charge in [0, 0.05) is 0 Å². The molecule has 3 rings (SSSR count). The number of ether oxygens (including phenoxy) is 1. The summed E-state index contributed by atoms with van der Waals surface area (Å²) in [6.45, 7) is -0.187. The number of para-hydroxylation sites is 2. The third-order valence-electron chi connectivity index (χ3n) is 3.10. The molecule has 0 spiro atoms. The minimum atomic E-state index is -3.87. The molecule has 1 aromatic carbocycles. The van der Waals surface area contributed by atoms with Crippen LogP contribution in [0.5, 0.6) is 5.75 Å². The predicted molar refractivity (Wildman–Crippen MR) is 73.2 cm³/mol. The lowest BCUT2D eigenvalue weighted by Crippen LogP contribution is -2.49. The van der Waals surface area contributed by atoms with Crippen molar-refractivity contribution in [3.05, 3.63) is 36.5 Å². The van der Waals surface area contributed by atoms with Gasteiger partial charge in [0.15, 0.2) is 11.1 Å². The van der Waals surface area contributed by atoms with Crippen LogP contribution in [0.1, 0.15) is 0 Å². The summed E-state index contributed by atoms with van der Waals surface area (Å²) in [6, 6.07) is 7.89. The van der Waals surface area contributed by atoms with Gasteiger partial charge in [-0.15, -0.1) is 0 Å². The molecule has 1 unspecified atom stereocenters. The van der Waals surface area contributed by atoms with E-state index in [-0.39, 0.29) is 17.3 Å². The number of nitrogens with zero attached hydrogens (tertiary/aromatic N) is 2. The molecule has 1 aliphatic heterocycles. The van der Waals surface area contributed by atoms with Gasteiger partial charge in [-0.1, -0.05) is 12.1 Å². The van der Waals surface area contributed by atoms with E-state index in [9.17, 15) is 13.2 Å². The van der Waals surface area contributed by atoms with E-state index >= 15 is 0 Å². The molecule has 0 saturated carbocycles. The normalized spacial score (nSPS) is 17.9. The first-order valence-corrected chi connectivity index (χ1v) is 7.51. The smallest absolute Gasteiger partial charge is 0.281 e. The molecule has 0 saturated heterocycles. The number of aromatic nitrogens is 2. The van der Waals surface area contributed by atoms with Crippen LogP contribution in [0.2, 0.25) is 0 Å². The van der Waals surface area contributed by atoms with E-state index in [1.54, 1.807) is 24.3 Å². The van der Waals surface area contributed by atoms with Gasteiger partial charge >= 0.3 is 0 Å². The topological polar surface area (TPSA) is 118 Å². The number of amides is 1. The highest BCUT2D eigenvalue weighted by Gasteiger charge is 2.37. The molecule has 1 amide bonds. The highest BCUT2D eigenvalue weighted by molar-refractivity contribution is 7.92. The van der Waals surface area contributed by atoms with Gasteiger partial charge in [0.1, 0.15) is 5.75 Å². The zero-order valence-corrected chi connectivity index (χ0v) is 11.6. The minimum absolute atomic E-state index is 0.0672. The first kappa shape index (κ1) is 13.4. The lowest BCUT2D eigenvalue weighted by Gasteiger charge is -2.33. The van der Waals surface area contributed by atoms with Gasteiger partial charge in [-0.2, -0.15) is 13.5 Å². The van der Waals surface area contributed by atoms with Crippen LogP contribution >= 0.6 is 0 Å². The molecule has 21 heavy (non-hydrogen) atoms. The second kappa shape index (κ2) is 4.77. The van der Waals surface area contributed by atoms with Crippen LogP contribution in [-0.2, 0) is 14.8 Å². The number of primary amides is 1. The Labute approximate surface area is 120 Å². The Balaban J connectivity index is 2.11. The maximum absolute atomic E-state index is 12.6. The molecule has 0 bridgehead atoms. The van der Waals surface area contributed by atoms with Crippen LogP contribution in [0.15, 0.2) is 41.6 Å². The van der Waals surface area contributed by atoms with Crippen LogP contribution in [0.25, 0.3) is 0 Å². The molecule has 1 aliphatic rings. The Bertz CT molecular complexity index is 772. The molecule has 0 aliphatic carbocycles. The molecule has 9 heteroatoms. The molecule has 8 nitrogen and oxygen atoms in total. The SMILES string of the molecule is NC(=O)C1CN(S(=O)(=O)c2ccn[nH]2)c2ccccc2O1. The maximum Gasteiger partial charge on any atom is 0.281 e. The van der Waals surface area contributed by atoms with Crippen molar-refractivity contribution in [3.63, 3.8) is 0 Å². The third-order valence-corrected chi connectivity index (χ3v) is 4.80. The summed E-state index contributed by atoms with van der Waals surface area (Å²) >= 11 is 0. The van der Waals surface area contributed by atoms with Crippen LogP contribution in [0.4, 0.5) is 5.69 Å². The van der Waals surface area contributed by atoms with Crippen LogP contribution in [0, 0.1) is 0 Å². The Morgan fingerprint density at radius 2 is 2.14 bits per heavy atom. The number of H-pyrrole nitrogens is 1. The first-order valence-electron chi connectivity index (χ1n) is 6.07. The fourth-order valence-corrected chi connectivity index (χ4v) is 3.46. The average molecular weight is 308 g/mol. The fourth-order valence-electron chi connectivity index (χ4n) is 2.08. The van der Waals surface area contributed by atoms with E-state index in [2.05, 4.69) is 10.2 Å². The standard InChI is InChI=1S/C12H12N4O4S/c13-12(17)10-7-16(8-3-1-2-4-9(8)20-10)21(18,19)11-5-6-14-15-11/h1-6,10H,7H2,(H2,13,17)(H,14,15). The molecule has 3 N–H and O–H groups in total. The summed E-state index contributed by atoms with van der Waals surface area (Å²) in [5.74, 6) is -0.440. The van der Waals surface area contributed by atoms with Gasteiger partial charge in [0.05, 0.1) is 18.4 Å². The number of carbonyl (C=O) groups excluding carboxylic acids is 1. The molecule has 0 radical (unpaired) electrons. The number of aromatic amines is 1. The van der Waals surface area contributed by atoms with E-state index in [1.165, 1.54) is 12.3 Å². The number of carbonyl (C=O) groups is 1. The van der Waals surface area contributed by atoms with Crippen molar-refractivity contribution in [2.24, 2.45) is 5.73 Å². The summed E-state index contributed by atoms with van der Waals surface area (Å²) in [4.78, 5) is 11.4. The summed E-state index contributed by atoms with van der Waals surface area (Å²) in [5.41, 5.74) is 5.59. The van der Waals surface area contributed by atoms with Crippen molar-refractivity contribution in [2.45, 2.75) is 11.1 Å². The number of fused-ring (bicyclic) bond motifs is 1. The summed E-state index contributed by atoms with van der Waals surface area (Å²) < 4.78 is 31.8. The second-order valence-corrected chi connectivity index (χ2v) is 6.26. The number of sulfonamides is 1. The number of rotatable bonds is 3. The maximum atomic E-state index is 12.6. The van der Waals surface area contributed by atoms with Crippen molar-refractivity contribution in [2.75, 3.05) is 10.8 Å². The summed E-state index contributed by atoms with van der Waals surface area (Å²) in [6.07, 6.45) is 0.294. The van der Waals surface area contributed by atoms with E-state index in [4.69, 9.17) is 10.5 Å². The molecular formula is C12H12N4O4S. The highest BCUT2D eigenvalue weighted by Crippen LogP contribution is 2.36. The molecule has 2 heterocycles. The molecule has 2 aromatic rings. The summed E-state index contributed by atoms with van der Waals surface area (Å²) in [5, 5.41) is 5.99. The van der Waals surface area contributed by atoms with Gasteiger partial charge in [0.25, 0.3) is 15.9 Å². The van der Waals surface area contributed by atoms with Crippen molar-refractivity contribution in [3.8, 4) is 5.75 Å². The largest absolute Gasteiger partial charge is 0.476 e. The van der Waals surface area contributed by atoms with Gasteiger partial charge in [-0.05, 0) is 18.2 Å². The van der Waals surface area contributed by atoms with Crippen molar-refractivity contribution in [1.82, 2.24) is 10.2 Å². The van der Waals surface area contributed by atoms with Gasteiger partial charge < -0.3 is 10.5 Å². The number of hydrogen-bond donors (Lipinski definition) is 2. The van der Waals surface area contributed by atoms with Crippen LogP contribution in [-0.4, -0.2) is 37.2 Å². The molecule has 1 atom stereocenters. The second-order valence-electron chi connectivity index (χ2n) is 4.43. The highest BCUT2D eigenvalue weighted by atomic mass is 32.2. The van der Waals surface area contributed by atoms with Crippen molar-refractivity contribution in [1.29, 1.82) is 0 Å². The molecule has 0 fully saturated rings. The van der Waals surface area contributed by atoms with E-state index in [1.807, 2.05) is 0 Å². The third kappa shape index (κ3) is 2.21. The number of anilines is 1. The molecule has 1 aromatic heterocycles. The Morgan fingerprint density at radius 1 is 1.38 bits per heavy atom. The molecule has 110 valence electrons. The lowest BCUT2D eigenvalue weighted by molar-refractivity contribution is -0.124. The first-order chi connectivity index (χ1) is 10.00. The van der Waals surface area contributed by atoms with E-state index < -0.39 is 22.0 Å². The zero-order chi connectivity index (χ0) is 15.0. The predicted octanol–water partition coefficient (Wildman–Crippen LogP) is -0.149. The van der Waals surface area contributed by atoms with Gasteiger partial charge in [0.2, 0.25) is 0 Å². The van der Waals surface area contributed by atoms with Crippen molar-refractivity contribution >= 4 is 21.6 Å². The fraction of sp³-hybridized carbons (Fsp3) is 0.167. The lowest BCUT2D eigenvalue weighted by atomic mass is 10.2. The molecular weight excluding hydrogens is 296 g/mol. The van der Waals surface area contributed by atoms with Crippen LogP contribution < -0.4 is 14.8 Å². The van der Waals surface area contributed by atoms with E-state index in [0.717, 1.165) is 4.31 Å². The quantitative estimate of drug-likeness (QED) is 0.817. The van der Waals surface area contributed by atoms with Crippen molar-refractivity contribution < 1.29 is 17.9 Å². The monoisotopic (exact) mass is 308 g/mol. The van der Waals surface area contributed by atoms with Gasteiger partial charge in [-0.3, -0.25) is 14.2 Å². The number of benzene rings is 1. The Kier molecular flexibility index (Phi) is 3.05. The minimum Gasteiger partial charge on any atom is -0.476 e. The zero-order valence-electron chi connectivity index (χ0n) is 10.8. The number of hydrogen-bond acceptors (Lipinski definition) is 5. The number of nitrogens with two attached hydrogens (primary N) is 1. The van der Waals surface area contributed by atoms with Crippen LogP contribution in [0.3, 0.4) is 0 Å². The summed E-state index contributed by atoms with van der Waals surface area (Å²) in [7, 11) is -3.87. The Hall–Kier alpha value is -2.55. The Morgan fingerprint density at radius 3 is 2.81 bits per heavy atom.